The van der Waals surface area contributed by atoms with Crippen LogP contribution >= 0.6 is 0 Å². The number of halogens is 2. The standard InChI is InChI=1S/C18H20F2N4O/c19-12-7-8-14(20)13(11-12)18(25)23-10-4-5-15(23)17-22-21-16-6-2-1-3-9-24(16)17/h7-8,11,15H,1-6,9-10H2. The van der Waals surface area contributed by atoms with Gasteiger partial charge in [-0.25, -0.2) is 8.78 Å². The summed E-state index contributed by atoms with van der Waals surface area (Å²) in [7, 11) is 0. The molecule has 5 nitrogen and oxygen atoms in total. The van der Waals surface area contributed by atoms with E-state index in [4.69, 9.17) is 0 Å². The number of aryl methyl sites for hydroxylation is 1. The van der Waals surface area contributed by atoms with Crippen LogP contribution in [0.1, 0.15) is 60.2 Å². The number of nitrogens with zero attached hydrogens (tertiary/aromatic N) is 4. The van der Waals surface area contributed by atoms with Gasteiger partial charge in [0.15, 0.2) is 5.82 Å². The van der Waals surface area contributed by atoms with Crippen LogP contribution in [0.3, 0.4) is 0 Å². The number of carbonyl (C=O) groups excluding carboxylic acids is 1. The van der Waals surface area contributed by atoms with Crippen LogP contribution in [0.25, 0.3) is 0 Å². The highest BCUT2D eigenvalue weighted by molar-refractivity contribution is 5.95. The second-order valence-electron chi connectivity index (χ2n) is 6.72. The summed E-state index contributed by atoms with van der Waals surface area (Å²) in [4.78, 5) is 14.4. The summed E-state index contributed by atoms with van der Waals surface area (Å²) >= 11 is 0. The molecule has 0 saturated carbocycles. The van der Waals surface area contributed by atoms with Crippen LogP contribution in [0.5, 0.6) is 0 Å². The van der Waals surface area contributed by atoms with E-state index in [1.54, 1.807) is 4.90 Å². The summed E-state index contributed by atoms with van der Waals surface area (Å²) in [6.07, 6.45) is 5.80. The third-order valence-electron chi connectivity index (χ3n) is 5.11. The molecular weight excluding hydrogens is 326 g/mol. The minimum absolute atomic E-state index is 0.220. The summed E-state index contributed by atoms with van der Waals surface area (Å²) in [6.45, 7) is 1.37. The maximum Gasteiger partial charge on any atom is 0.257 e. The average Bonchev–Trinajstić information content (AvgIpc) is 3.17. The van der Waals surface area contributed by atoms with Gasteiger partial charge in [-0.1, -0.05) is 6.42 Å². The number of hydrogen-bond acceptors (Lipinski definition) is 3. The van der Waals surface area contributed by atoms with Crippen molar-refractivity contribution in [2.45, 2.75) is 51.1 Å². The molecule has 0 spiro atoms. The van der Waals surface area contributed by atoms with Gasteiger partial charge in [-0.3, -0.25) is 4.79 Å². The van der Waals surface area contributed by atoms with Crippen LogP contribution in [-0.2, 0) is 13.0 Å². The Bertz CT molecular complexity index is 804. The molecule has 1 saturated heterocycles. The predicted octanol–water partition coefficient (Wildman–Crippen LogP) is 3.26. The number of hydrogen-bond donors (Lipinski definition) is 0. The summed E-state index contributed by atoms with van der Waals surface area (Å²) in [5, 5.41) is 8.64. The van der Waals surface area contributed by atoms with Crippen molar-refractivity contribution in [3.8, 4) is 0 Å². The van der Waals surface area contributed by atoms with E-state index in [0.717, 1.165) is 74.9 Å². The minimum Gasteiger partial charge on any atom is -0.328 e. The molecule has 2 aliphatic heterocycles. The maximum atomic E-state index is 14.0. The highest BCUT2D eigenvalue weighted by Crippen LogP contribution is 2.33. The third kappa shape index (κ3) is 2.92. The Morgan fingerprint density at radius 3 is 2.84 bits per heavy atom. The van der Waals surface area contributed by atoms with Crippen molar-refractivity contribution in [3.05, 3.63) is 47.0 Å². The molecular formula is C18H20F2N4O. The van der Waals surface area contributed by atoms with Crippen LogP contribution < -0.4 is 0 Å². The first kappa shape index (κ1) is 16.2. The highest BCUT2D eigenvalue weighted by atomic mass is 19.1. The molecule has 0 N–H and O–H groups in total. The molecule has 2 aliphatic rings. The van der Waals surface area contributed by atoms with Crippen molar-refractivity contribution in [1.29, 1.82) is 0 Å². The average molecular weight is 346 g/mol. The lowest BCUT2D eigenvalue weighted by atomic mass is 10.1. The lowest BCUT2D eigenvalue weighted by Crippen LogP contribution is -2.33. The van der Waals surface area contributed by atoms with Crippen molar-refractivity contribution < 1.29 is 13.6 Å². The van der Waals surface area contributed by atoms with Gasteiger partial charge in [-0.15, -0.1) is 10.2 Å². The van der Waals surface area contributed by atoms with Crippen LogP contribution in [-0.4, -0.2) is 32.1 Å². The number of benzene rings is 1. The predicted molar refractivity (Wildman–Crippen MR) is 86.9 cm³/mol. The van der Waals surface area contributed by atoms with E-state index in [2.05, 4.69) is 14.8 Å². The van der Waals surface area contributed by atoms with Gasteiger partial charge in [0, 0.05) is 19.5 Å². The lowest BCUT2D eigenvalue weighted by Gasteiger charge is -2.25. The second kappa shape index (κ2) is 6.54. The Kier molecular flexibility index (Phi) is 4.23. The lowest BCUT2D eigenvalue weighted by molar-refractivity contribution is 0.0721. The first-order valence-corrected chi connectivity index (χ1v) is 8.83. The molecule has 132 valence electrons. The Balaban J connectivity index is 1.66. The Morgan fingerprint density at radius 1 is 1.08 bits per heavy atom. The molecule has 0 radical (unpaired) electrons. The molecule has 0 aliphatic carbocycles. The number of rotatable bonds is 2. The molecule has 0 bridgehead atoms. The van der Waals surface area contributed by atoms with Gasteiger partial charge >= 0.3 is 0 Å². The maximum absolute atomic E-state index is 14.0. The molecule has 4 rings (SSSR count). The van der Waals surface area contributed by atoms with Gasteiger partial charge in [-0.05, 0) is 43.9 Å². The molecule has 2 aromatic rings. The summed E-state index contributed by atoms with van der Waals surface area (Å²) in [5.41, 5.74) is -0.220. The van der Waals surface area contributed by atoms with Gasteiger partial charge in [0.05, 0.1) is 11.6 Å². The zero-order valence-corrected chi connectivity index (χ0v) is 13.9. The first-order chi connectivity index (χ1) is 12.1. The molecule has 1 fully saturated rings. The van der Waals surface area contributed by atoms with Gasteiger partial charge in [0.2, 0.25) is 0 Å². The van der Waals surface area contributed by atoms with Crippen molar-refractivity contribution in [1.82, 2.24) is 19.7 Å². The van der Waals surface area contributed by atoms with E-state index in [1.165, 1.54) is 0 Å². The van der Waals surface area contributed by atoms with Crippen molar-refractivity contribution in [2.75, 3.05) is 6.54 Å². The second-order valence-corrected chi connectivity index (χ2v) is 6.72. The largest absolute Gasteiger partial charge is 0.328 e. The molecule has 7 heteroatoms. The third-order valence-corrected chi connectivity index (χ3v) is 5.11. The van der Waals surface area contributed by atoms with Crippen molar-refractivity contribution in [3.63, 3.8) is 0 Å². The minimum atomic E-state index is -0.697. The summed E-state index contributed by atoms with van der Waals surface area (Å²) in [6, 6.07) is 2.76. The fourth-order valence-electron chi connectivity index (χ4n) is 3.85. The fraction of sp³-hybridized carbons (Fsp3) is 0.500. The van der Waals surface area contributed by atoms with Crippen LogP contribution in [0.4, 0.5) is 8.78 Å². The summed E-state index contributed by atoms with van der Waals surface area (Å²) < 4.78 is 29.6. The Morgan fingerprint density at radius 2 is 1.96 bits per heavy atom. The molecule has 25 heavy (non-hydrogen) atoms. The smallest absolute Gasteiger partial charge is 0.257 e. The number of carbonyl (C=O) groups is 1. The Labute approximate surface area is 144 Å². The van der Waals surface area contributed by atoms with E-state index in [-0.39, 0.29) is 11.6 Å². The van der Waals surface area contributed by atoms with E-state index in [9.17, 15) is 13.6 Å². The van der Waals surface area contributed by atoms with E-state index >= 15 is 0 Å². The SMILES string of the molecule is O=C(c1cc(F)ccc1F)N1CCCC1c1nnc2n1CCCCC2. The monoisotopic (exact) mass is 346 g/mol. The fourth-order valence-corrected chi connectivity index (χ4v) is 3.85. The first-order valence-electron chi connectivity index (χ1n) is 8.83. The summed E-state index contributed by atoms with van der Waals surface area (Å²) in [5.74, 6) is -0.0530. The van der Waals surface area contributed by atoms with E-state index in [0.29, 0.717) is 6.54 Å². The highest BCUT2D eigenvalue weighted by Gasteiger charge is 2.35. The van der Waals surface area contributed by atoms with Crippen LogP contribution in [0.15, 0.2) is 18.2 Å². The molecule has 1 aromatic carbocycles. The van der Waals surface area contributed by atoms with Gasteiger partial charge in [0.25, 0.3) is 5.91 Å². The number of amides is 1. The zero-order valence-electron chi connectivity index (χ0n) is 13.9. The number of likely N-dealkylation sites (tertiary alicyclic amines) is 1. The molecule has 1 amide bonds. The van der Waals surface area contributed by atoms with E-state index in [1.807, 2.05) is 0 Å². The van der Waals surface area contributed by atoms with Crippen molar-refractivity contribution in [2.24, 2.45) is 0 Å². The molecule has 1 atom stereocenters. The van der Waals surface area contributed by atoms with Crippen LogP contribution in [0.2, 0.25) is 0 Å². The number of fused-ring (bicyclic) bond motifs is 1. The molecule has 1 unspecified atom stereocenters. The normalized spacial score (nSPS) is 20.4. The topological polar surface area (TPSA) is 51.0 Å². The van der Waals surface area contributed by atoms with Gasteiger partial charge in [-0.2, -0.15) is 0 Å². The quantitative estimate of drug-likeness (QED) is 0.839. The zero-order chi connectivity index (χ0) is 17.4. The van der Waals surface area contributed by atoms with Crippen LogP contribution in [0, 0.1) is 11.6 Å². The van der Waals surface area contributed by atoms with Gasteiger partial charge < -0.3 is 9.47 Å². The van der Waals surface area contributed by atoms with E-state index < -0.39 is 17.5 Å². The molecule has 1 aromatic heterocycles. The van der Waals surface area contributed by atoms with Gasteiger partial charge in [0.1, 0.15) is 17.5 Å². The molecule has 3 heterocycles. The van der Waals surface area contributed by atoms with Crippen molar-refractivity contribution >= 4 is 5.91 Å². The Hall–Kier alpha value is -2.31. The number of aromatic nitrogens is 3.